The van der Waals surface area contributed by atoms with Gasteiger partial charge in [0.15, 0.2) is 16.7 Å². The average Bonchev–Trinajstić information content (AvgIpc) is 2.97. The molecule has 0 atom stereocenters. The first-order valence-corrected chi connectivity index (χ1v) is 9.50. The van der Waals surface area contributed by atoms with Crippen LogP contribution in [0.4, 0.5) is 5.69 Å². The predicted octanol–water partition coefficient (Wildman–Crippen LogP) is 3.87. The normalized spacial score (nSPS) is 14.9. The highest BCUT2D eigenvalue weighted by molar-refractivity contribution is 9.10. The monoisotopic (exact) mass is 463 g/mol. The van der Waals surface area contributed by atoms with Crippen LogP contribution in [0.1, 0.15) is 11.1 Å². The van der Waals surface area contributed by atoms with Crippen molar-refractivity contribution in [2.45, 2.75) is 6.61 Å². The van der Waals surface area contributed by atoms with E-state index in [0.717, 1.165) is 17.3 Å². The average molecular weight is 464 g/mol. The minimum Gasteiger partial charge on any atom is -0.493 e. The molecule has 1 aliphatic heterocycles. The Hall–Kier alpha value is -2.85. The van der Waals surface area contributed by atoms with Crippen molar-refractivity contribution in [2.75, 3.05) is 7.11 Å². The third-order valence-electron chi connectivity index (χ3n) is 3.72. The van der Waals surface area contributed by atoms with Crippen LogP contribution in [-0.2, 0) is 11.4 Å². The zero-order chi connectivity index (χ0) is 20.3. The zero-order valence-corrected chi connectivity index (χ0v) is 17.0. The third-order valence-corrected chi connectivity index (χ3v) is 5.12. The molecule has 2 aromatic rings. The molecule has 0 saturated heterocycles. The molecule has 0 spiro atoms. The summed E-state index contributed by atoms with van der Waals surface area (Å²) in [5.74, 6) is 0.563. The van der Waals surface area contributed by atoms with Gasteiger partial charge in [-0.25, -0.2) is 0 Å². The van der Waals surface area contributed by atoms with E-state index in [1.165, 1.54) is 19.2 Å². The quantitative estimate of drug-likeness (QED) is 0.392. The molecule has 28 heavy (non-hydrogen) atoms. The Morgan fingerprint density at radius 2 is 2.04 bits per heavy atom. The van der Waals surface area contributed by atoms with Crippen molar-refractivity contribution >= 4 is 50.5 Å². The van der Waals surface area contributed by atoms with Crippen molar-refractivity contribution < 1.29 is 19.2 Å². The molecule has 144 valence electrons. The second-order valence-electron chi connectivity index (χ2n) is 5.61. The summed E-state index contributed by atoms with van der Waals surface area (Å²) >= 11 is 4.56. The van der Waals surface area contributed by atoms with Gasteiger partial charge in [-0.1, -0.05) is 0 Å². The Labute approximate surface area is 172 Å². The van der Waals surface area contributed by atoms with Gasteiger partial charge in [0.1, 0.15) is 6.61 Å². The van der Waals surface area contributed by atoms with Crippen LogP contribution in [0.3, 0.4) is 0 Å². The Kier molecular flexibility index (Phi) is 6.00. The topological polar surface area (TPSA) is 117 Å². The number of nitro benzene ring substituents is 1. The van der Waals surface area contributed by atoms with E-state index in [1.54, 1.807) is 30.3 Å². The number of hydrogen-bond donors (Lipinski definition) is 1. The lowest BCUT2D eigenvalue weighted by atomic mass is 10.1. The number of nitro groups is 1. The number of nitrogens with two attached hydrogens (primary N) is 1. The van der Waals surface area contributed by atoms with E-state index < -0.39 is 4.92 Å². The van der Waals surface area contributed by atoms with Crippen LogP contribution in [0.5, 0.6) is 11.5 Å². The lowest BCUT2D eigenvalue weighted by molar-refractivity contribution is -0.384. The van der Waals surface area contributed by atoms with Crippen LogP contribution in [0.15, 0.2) is 50.8 Å². The summed E-state index contributed by atoms with van der Waals surface area (Å²) in [6.45, 7) is 0.200. The van der Waals surface area contributed by atoms with E-state index in [1.807, 2.05) is 0 Å². The largest absolute Gasteiger partial charge is 0.493 e. The number of amidine groups is 1. The molecular weight excluding hydrogens is 450 g/mol. The number of aliphatic imine (C=N–C) groups is 1. The number of ether oxygens (including phenoxy) is 2. The molecule has 0 unspecified atom stereocenters. The number of benzene rings is 2. The number of rotatable bonds is 6. The summed E-state index contributed by atoms with van der Waals surface area (Å²) < 4.78 is 11.9. The Morgan fingerprint density at radius 3 is 2.61 bits per heavy atom. The highest BCUT2D eigenvalue weighted by Crippen LogP contribution is 2.38. The van der Waals surface area contributed by atoms with Crippen LogP contribution < -0.4 is 15.2 Å². The molecule has 2 aromatic carbocycles. The second-order valence-corrected chi connectivity index (χ2v) is 7.53. The number of amides is 1. The molecule has 10 heteroatoms. The Morgan fingerprint density at radius 1 is 1.32 bits per heavy atom. The van der Waals surface area contributed by atoms with Gasteiger partial charge in [0.2, 0.25) is 0 Å². The smallest absolute Gasteiger partial charge is 0.286 e. The fourth-order valence-electron chi connectivity index (χ4n) is 2.41. The van der Waals surface area contributed by atoms with E-state index in [-0.39, 0.29) is 23.4 Å². The van der Waals surface area contributed by atoms with Gasteiger partial charge < -0.3 is 15.2 Å². The Bertz CT molecular complexity index is 1010. The number of carbonyl (C=O) groups is 1. The van der Waals surface area contributed by atoms with Crippen molar-refractivity contribution in [3.8, 4) is 11.5 Å². The molecule has 0 aromatic heterocycles. The molecule has 0 aliphatic carbocycles. The van der Waals surface area contributed by atoms with Crippen molar-refractivity contribution in [2.24, 2.45) is 10.7 Å². The SMILES string of the molecule is COc1cc(/C=C2\SC(N)=NC2=O)cc(Br)c1OCc1ccc([N+](=O)[O-])cc1. The molecule has 1 heterocycles. The van der Waals surface area contributed by atoms with Crippen LogP contribution in [0.2, 0.25) is 0 Å². The number of methoxy groups -OCH3 is 1. The number of non-ortho nitro benzene ring substituents is 1. The van der Waals surface area contributed by atoms with Gasteiger partial charge >= 0.3 is 0 Å². The minimum atomic E-state index is -0.455. The summed E-state index contributed by atoms with van der Waals surface area (Å²) in [5, 5.41) is 10.9. The first-order valence-electron chi connectivity index (χ1n) is 7.89. The molecule has 3 rings (SSSR count). The minimum absolute atomic E-state index is 0.0175. The van der Waals surface area contributed by atoms with Crippen molar-refractivity contribution in [3.05, 3.63) is 67.0 Å². The van der Waals surface area contributed by atoms with Gasteiger partial charge in [0.25, 0.3) is 11.6 Å². The van der Waals surface area contributed by atoms with Crippen LogP contribution in [0.25, 0.3) is 6.08 Å². The maximum Gasteiger partial charge on any atom is 0.286 e. The summed E-state index contributed by atoms with van der Waals surface area (Å²) in [5.41, 5.74) is 7.06. The van der Waals surface area contributed by atoms with E-state index in [2.05, 4.69) is 20.9 Å². The fraction of sp³-hybridized carbons (Fsp3) is 0.111. The number of thioether (sulfide) groups is 1. The van der Waals surface area contributed by atoms with Gasteiger partial charge in [-0.3, -0.25) is 14.9 Å². The Balaban J connectivity index is 1.79. The number of carbonyl (C=O) groups excluding carboxylic acids is 1. The molecule has 2 N–H and O–H groups in total. The van der Waals surface area contributed by atoms with E-state index in [9.17, 15) is 14.9 Å². The number of nitrogens with zero attached hydrogens (tertiary/aromatic N) is 2. The second kappa shape index (κ2) is 8.44. The van der Waals surface area contributed by atoms with Gasteiger partial charge in [0, 0.05) is 12.1 Å². The molecule has 0 bridgehead atoms. The summed E-state index contributed by atoms with van der Waals surface area (Å²) in [6, 6.07) is 9.61. The van der Waals surface area contributed by atoms with Crippen molar-refractivity contribution in [3.63, 3.8) is 0 Å². The maximum absolute atomic E-state index is 11.8. The van der Waals surface area contributed by atoms with Gasteiger partial charge in [-0.05, 0) is 69.2 Å². The van der Waals surface area contributed by atoms with E-state index in [4.69, 9.17) is 15.2 Å². The molecule has 0 radical (unpaired) electrons. The van der Waals surface area contributed by atoms with Gasteiger partial charge in [-0.2, -0.15) is 4.99 Å². The molecule has 1 amide bonds. The molecule has 0 saturated carbocycles. The van der Waals surface area contributed by atoms with Crippen LogP contribution in [-0.4, -0.2) is 23.1 Å². The summed E-state index contributed by atoms with van der Waals surface area (Å²) in [7, 11) is 1.51. The third kappa shape index (κ3) is 4.52. The number of hydrogen-bond acceptors (Lipinski definition) is 7. The molecule has 1 aliphatic rings. The van der Waals surface area contributed by atoms with Crippen LogP contribution in [0, 0.1) is 10.1 Å². The summed E-state index contributed by atoms with van der Waals surface area (Å²) in [6.07, 6.45) is 1.67. The lowest BCUT2D eigenvalue weighted by Crippen LogP contribution is -2.01. The van der Waals surface area contributed by atoms with E-state index in [0.29, 0.717) is 26.4 Å². The maximum atomic E-state index is 11.8. The first kappa shape index (κ1) is 19.9. The molecule has 8 nitrogen and oxygen atoms in total. The standard InChI is InChI=1S/C18H14BrN3O5S/c1-26-14-7-11(8-15-17(23)21-18(20)28-15)6-13(19)16(14)27-9-10-2-4-12(5-3-10)22(24)25/h2-8H,9H2,1H3,(H2,20,21,23)/b15-8-. The predicted molar refractivity (Wildman–Crippen MR) is 110 cm³/mol. The van der Waals surface area contributed by atoms with Gasteiger partial charge in [0.05, 0.1) is 21.4 Å². The fourth-order valence-corrected chi connectivity index (χ4v) is 3.67. The zero-order valence-electron chi connectivity index (χ0n) is 14.5. The van der Waals surface area contributed by atoms with Gasteiger partial charge in [-0.15, -0.1) is 0 Å². The lowest BCUT2D eigenvalue weighted by Gasteiger charge is -2.14. The first-order chi connectivity index (χ1) is 13.4. The van der Waals surface area contributed by atoms with Crippen molar-refractivity contribution in [1.82, 2.24) is 0 Å². The van der Waals surface area contributed by atoms with Crippen LogP contribution >= 0.6 is 27.7 Å². The number of halogens is 1. The van der Waals surface area contributed by atoms with Crippen molar-refractivity contribution in [1.29, 1.82) is 0 Å². The molecule has 0 fully saturated rings. The highest BCUT2D eigenvalue weighted by Gasteiger charge is 2.20. The van der Waals surface area contributed by atoms with E-state index >= 15 is 0 Å². The summed E-state index contributed by atoms with van der Waals surface area (Å²) in [4.78, 5) is 26.1. The molecular formula is C18H14BrN3O5S. The highest BCUT2D eigenvalue weighted by atomic mass is 79.9.